The second-order valence-electron chi connectivity index (χ2n) is 4.99. The molecule has 0 heterocycles. The molecule has 114 valence electrons. The number of hydrogen-bond donors (Lipinski definition) is 0. The van der Waals surface area contributed by atoms with Crippen molar-refractivity contribution in [3.05, 3.63) is 64.7 Å². The molecule has 0 amide bonds. The molecule has 0 unspecified atom stereocenters. The summed E-state index contributed by atoms with van der Waals surface area (Å²) in [6, 6.07) is 13.6. The molecule has 0 saturated heterocycles. The Morgan fingerprint density at radius 1 is 1.18 bits per heavy atom. The third-order valence-corrected chi connectivity index (χ3v) is 3.32. The van der Waals surface area contributed by atoms with Crippen LogP contribution in [0.5, 0.6) is 5.75 Å². The predicted molar refractivity (Wildman–Crippen MR) is 86.3 cm³/mol. The van der Waals surface area contributed by atoms with Gasteiger partial charge in [0.1, 0.15) is 25.2 Å². The summed E-state index contributed by atoms with van der Waals surface area (Å²) >= 11 is 0. The van der Waals surface area contributed by atoms with Crippen molar-refractivity contribution in [2.45, 2.75) is 20.5 Å². The normalized spacial score (nSPS) is 11.1. The lowest BCUT2D eigenvalue weighted by Gasteiger charge is -2.12. The van der Waals surface area contributed by atoms with Gasteiger partial charge in [0, 0.05) is 5.56 Å². The van der Waals surface area contributed by atoms with Crippen LogP contribution in [0.2, 0.25) is 0 Å². The lowest BCUT2D eigenvalue weighted by Crippen LogP contribution is -2.09. The average molecular weight is 297 g/mol. The molecule has 0 atom stereocenters. The van der Waals surface area contributed by atoms with Crippen molar-refractivity contribution in [1.29, 1.82) is 0 Å². The Balaban J connectivity index is 2.25. The standard InChI is InChI=1S/C18H19NO3/c1-13-8-9-14(2)18(10-13)22-12-15-6-4-5-7-16(15)17(11-20)19-21-3/h4-11H,12H2,1-3H3/b19-17-. The number of rotatable bonds is 6. The highest BCUT2D eigenvalue weighted by atomic mass is 16.6. The van der Waals surface area contributed by atoms with Gasteiger partial charge < -0.3 is 9.57 Å². The van der Waals surface area contributed by atoms with Crippen LogP contribution in [0.4, 0.5) is 0 Å². The van der Waals surface area contributed by atoms with Crippen molar-refractivity contribution in [2.75, 3.05) is 7.11 Å². The van der Waals surface area contributed by atoms with Gasteiger partial charge in [-0.2, -0.15) is 0 Å². The largest absolute Gasteiger partial charge is 0.489 e. The van der Waals surface area contributed by atoms with Gasteiger partial charge >= 0.3 is 0 Å². The number of benzene rings is 2. The van der Waals surface area contributed by atoms with Gasteiger partial charge in [-0.05, 0) is 36.6 Å². The first-order chi connectivity index (χ1) is 10.7. The van der Waals surface area contributed by atoms with Crippen LogP contribution in [0, 0.1) is 13.8 Å². The molecular weight excluding hydrogens is 278 g/mol. The summed E-state index contributed by atoms with van der Waals surface area (Å²) in [5, 5.41) is 3.75. The number of carbonyl (C=O) groups excluding carboxylic acids is 1. The van der Waals surface area contributed by atoms with E-state index >= 15 is 0 Å². The number of oxime groups is 1. The molecule has 4 heteroatoms. The van der Waals surface area contributed by atoms with Gasteiger partial charge in [0.05, 0.1) is 0 Å². The minimum atomic E-state index is 0.252. The van der Waals surface area contributed by atoms with Crippen LogP contribution < -0.4 is 4.74 Å². The molecule has 2 rings (SSSR count). The van der Waals surface area contributed by atoms with Gasteiger partial charge in [-0.15, -0.1) is 0 Å². The van der Waals surface area contributed by atoms with Crippen LogP contribution in [0.3, 0.4) is 0 Å². The second kappa shape index (κ2) is 7.41. The van der Waals surface area contributed by atoms with E-state index in [1.54, 1.807) is 0 Å². The number of aryl methyl sites for hydroxylation is 2. The zero-order chi connectivity index (χ0) is 15.9. The molecule has 0 aliphatic carbocycles. The van der Waals surface area contributed by atoms with Crippen LogP contribution in [0.1, 0.15) is 22.3 Å². The van der Waals surface area contributed by atoms with Gasteiger partial charge in [-0.1, -0.05) is 41.6 Å². The van der Waals surface area contributed by atoms with E-state index in [0.717, 1.165) is 22.4 Å². The molecule has 4 nitrogen and oxygen atoms in total. The monoisotopic (exact) mass is 297 g/mol. The molecule has 2 aromatic rings. The Kier molecular flexibility index (Phi) is 5.31. The van der Waals surface area contributed by atoms with Crippen LogP contribution in [0.15, 0.2) is 47.6 Å². The first-order valence-electron chi connectivity index (χ1n) is 7.00. The molecule has 0 radical (unpaired) electrons. The van der Waals surface area contributed by atoms with Gasteiger partial charge in [-0.3, -0.25) is 4.79 Å². The van der Waals surface area contributed by atoms with E-state index in [4.69, 9.17) is 9.57 Å². The van der Waals surface area contributed by atoms with Gasteiger partial charge in [0.2, 0.25) is 0 Å². The Morgan fingerprint density at radius 3 is 2.68 bits per heavy atom. The first-order valence-corrected chi connectivity index (χ1v) is 7.00. The topological polar surface area (TPSA) is 47.9 Å². The Hall–Kier alpha value is -2.62. The van der Waals surface area contributed by atoms with Crippen LogP contribution >= 0.6 is 0 Å². The number of ether oxygens (including phenoxy) is 1. The van der Waals surface area contributed by atoms with E-state index in [1.165, 1.54) is 7.11 Å². The Labute approximate surface area is 130 Å². The van der Waals surface area contributed by atoms with Crippen molar-refractivity contribution < 1.29 is 14.4 Å². The second-order valence-corrected chi connectivity index (χ2v) is 4.99. The highest BCUT2D eigenvalue weighted by molar-refractivity contribution is 6.36. The van der Waals surface area contributed by atoms with Crippen LogP contribution in [-0.4, -0.2) is 19.1 Å². The summed E-state index contributed by atoms with van der Waals surface area (Å²) in [5.41, 5.74) is 4.06. The molecule has 2 aromatic carbocycles. The summed E-state index contributed by atoms with van der Waals surface area (Å²) in [6.45, 7) is 4.39. The molecule has 0 fully saturated rings. The highest BCUT2D eigenvalue weighted by Gasteiger charge is 2.10. The number of hydrogen-bond acceptors (Lipinski definition) is 4. The predicted octanol–water partition coefficient (Wildman–Crippen LogP) is 3.43. The number of aldehydes is 1. The molecule has 0 saturated carbocycles. The van der Waals surface area contributed by atoms with Crippen LogP contribution in [0.25, 0.3) is 0 Å². The Bertz CT molecular complexity index is 692. The summed E-state index contributed by atoms with van der Waals surface area (Å²) in [6.07, 6.45) is 0.681. The molecule has 0 aromatic heterocycles. The van der Waals surface area contributed by atoms with E-state index in [9.17, 15) is 4.79 Å². The fraction of sp³-hybridized carbons (Fsp3) is 0.222. The van der Waals surface area contributed by atoms with Crippen molar-refractivity contribution >= 4 is 12.0 Å². The molecule has 0 N–H and O–H groups in total. The van der Waals surface area contributed by atoms with Crippen molar-refractivity contribution in [1.82, 2.24) is 0 Å². The maximum atomic E-state index is 11.2. The van der Waals surface area contributed by atoms with E-state index in [0.29, 0.717) is 18.5 Å². The molecular formula is C18H19NO3. The molecule has 0 spiro atoms. The molecule has 0 aliphatic rings. The fourth-order valence-electron chi connectivity index (χ4n) is 2.15. The van der Waals surface area contributed by atoms with Crippen LogP contribution in [-0.2, 0) is 16.2 Å². The fourth-order valence-corrected chi connectivity index (χ4v) is 2.15. The van der Waals surface area contributed by atoms with E-state index < -0.39 is 0 Å². The third-order valence-electron chi connectivity index (χ3n) is 3.32. The quantitative estimate of drug-likeness (QED) is 0.466. The minimum absolute atomic E-state index is 0.252. The molecule has 22 heavy (non-hydrogen) atoms. The number of nitrogens with zero attached hydrogens (tertiary/aromatic N) is 1. The zero-order valence-corrected chi connectivity index (χ0v) is 13.0. The maximum Gasteiger partial charge on any atom is 0.172 e. The first kappa shape index (κ1) is 15.8. The van der Waals surface area contributed by atoms with E-state index in [-0.39, 0.29) is 5.71 Å². The lowest BCUT2D eigenvalue weighted by molar-refractivity contribution is -0.102. The highest BCUT2D eigenvalue weighted by Crippen LogP contribution is 2.21. The average Bonchev–Trinajstić information content (AvgIpc) is 2.54. The van der Waals surface area contributed by atoms with Gasteiger partial charge in [-0.25, -0.2) is 0 Å². The number of carbonyl (C=O) groups is 1. The Morgan fingerprint density at radius 2 is 1.95 bits per heavy atom. The zero-order valence-electron chi connectivity index (χ0n) is 13.0. The molecule has 0 aliphatic heterocycles. The summed E-state index contributed by atoms with van der Waals surface area (Å²) in [7, 11) is 1.42. The van der Waals surface area contributed by atoms with E-state index in [1.807, 2.05) is 56.3 Å². The summed E-state index contributed by atoms with van der Waals surface area (Å²) in [4.78, 5) is 15.9. The third kappa shape index (κ3) is 3.73. The lowest BCUT2D eigenvalue weighted by atomic mass is 10.0. The maximum absolute atomic E-state index is 11.2. The van der Waals surface area contributed by atoms with Crippen molar-refractivity contribution in [3.63, 3.8) is 0 Å². The molecule has 0 bridgehead atoms. The summed E-state index contributed by atoms with van der Waals surface area (Å²) in [5.74, 6) is 0.839. The minimum Gasteiger partial charge on any atom is -0.489 e. The SMILES string of the molecule is CO/N=C(/C=O)c1ccccc1COc1cc(C)ccc1C. The van der Waals surface area contributed by atoms with Gasteiger partial charge in [0.15, 0.2) is 6.29 Å². The van der Waals surface area contributed by atoms with Gasteiger partial charge in [0.25, 0.3) is 0 Å². The summed E-state index contributed by atoms with van der Waals surface area (Å²) < 4.78 is 5.91. The van der Waals surface area contributed by atoms with E-state index in [2.05, 4.69) is 5.16 Å². The smallest absolute Gasteiger partial charge is 0.172 e. The van der Waals surface area contributed by atoms with Crippen molar-refractivity contribution in [3.8, 4) is 5.75 Å². The van der Waals surface area contributed by atoms with Crippen molar-refractivity contribution in [2.24, 2.45) is 5.16 Å².